The van der Waals surface area contributed by atoms with Crippen molar-refractivity contribution in [2.45, 2.75) is 12.8 Å². The highest BCUT2D eigenvalue weighted by atomic mass is 32.1. The van der Waals surface area contributed by atoms with Gasteiger partial charge in [0.2, 0.25) is 4.96 Å². The number of imidazole rings is 1. The Morgan fingerprint density at radius 3 is 2.93 bits per heavy atom. The van der Waals surface area contributed by atoms with E-state index in [1.807, 2.05) is 0 Å². The first kappa shape index (κ1) is 9.47. The molecule has 4 nitrogen and oxygen atoms in total. The predicted molar refractivity (Wildman–Crippen MR) is 48.6 cm³/mol. The first-order valence-corrected chi connectivity index (χ1v) is 4.85. The molecule has 0 atom stereocenters. The van der Waals surface area contributed by atoms with Gasteiger partial charge in [-0.1, -0.05) is 11.3 Å². The topological polar surface area (TPSA) is 56.2 Å². The van der Waals surface area contributed by atoms with Gasteiger partial charge in [-0.15, -0.1) is 0 Å². The van der Waals surface area contributed by atoms with E-state index in [9.17, 15) is 8.78 Å². The molecule has 0 aliphatic carbocycles. The zero-order valence-electron chi connectivity index (χ0n) is 7.15. The molecule has 0 saturated heterocycles. The van der Waals surface area contributed by atoms with Crippen molar-refractivity contribution in [3.63, 3.8) is 0 Å². The smallest absolute Gasteiger partial charge is 0.291 e. The van der Waals surface area contributed by atoms with E-state index in [0.717, 1.165) is 17.0 Å². The summed E-state index contributed by atoms with van der Waals surface area (Å²) < 4.78 is 25.8. The minimum absolute atomic E-state index is 0.202. The average molecular weight is 218 g/mol. The third-order valence-corrected chi connectivity index (χ3v) is 2.63. The number of fused-ring (bicyclic) bond motifs is 1. The van der Waals surface area contributed by atoms with Crippen LogP contribution in [0.5, 0.6) is 0 Å². The van der Waals surface area contributed by atoms with Gasteiger partial charge in [0.25, 0.3) is 6.43 Å². The van der Waals surface area contributed by atoms with Gasteiger partial charge in [-0.2, -0.15) is 5.10 Å². The summed E-state index contributed by atoms with van der Waals surface area (Å²) in [4.78, 5) is 4.60. The summed E-state index contributed by atoms with van der Waals surface area (Å²) in [5, 5.41) is 3.49. The molecule has 0 aromatic carbocycles. The van der Waals surface area contributed by atoms with Crippen molar-refractivity contribution in [3.8, 4) is 0 Å². The highest BCUT2D eigenvalue weighted by molar-refractivity contribution is 7.16. The first-order valence-electron chi connectivity index (χ1n) is 4.04. The van der Waals surface area contributed by atoms with Crippen molar-refractivity contribution in [2.24, 2.45) is 5.73 Å². The maximum Gasteiger partial charge on any atom is 0.291 e. The molecule has 0 aliphatic heterocycles. The molecule has 2 aromatic rings. The maximum atomic E-state index is 12.2. The highest BCUT2D eigenvalue weighted by Crippen LogP contribution is 2.24. The Morgan fingerprint density at radius 2 is 2.36 bits per heavy atom. The number of nitrogens with two attached hydrogens (primary N) is 1. The molecule has 2 aromatic heterocycles. The third kappa shape index (κ3) is 1.60. The Balaban J connectivity index is 2.35. The number of rotatable bonds is 3. The van der Waals surface area contributed by atoms with Gasteiger partial charge < -0.3 is 5.73 Å². The molecular weight excluding hydrogens is 210 g/mol. The number of hydrogen-bond donors (Lipinski definition) is 1. The molecule has 2 N–H and O–H groups in total. The molecule has 0 aliphatic rings. The molecule has 0 spiro atoms. The van der Waals surface area contributed by atoms with Crippen LogP contribution < -0.4 is 5.73 Å². The molecule has 2 rings (SSSR count). The van der Waals surface area contributed by atoms with Crippen molar-refractivity contribution < 1.29 is 8.78 Å². The normalized spacial score (nSPS) is 11.7. The van der Waals surface area contributed by atoms with Crippen LogP contribution in [0.25, 0.3) is 4.96 Å². The lowest BCUT2D eigenvalue weighted by atomic mass is 10.3. The molecular formula is C7H8F2N4S. The van der Waals surface area contributed by atoms with E-state index in [4.69, 9.17) is 5.73 Å². The monoisotopic (exact) mass is 218 g/mol. The molecule has 0 saturated carbocycles. The summed E-state index contributed by atoms with van der Waals surface area (Å²) in [6.07, 6.45) is -0.260. The first-order chi connectivity index (χ1) is 6.70. The average Bonchev–Trinajstić information content (AvgIpc) is 2.61. The molecule has 76 valence electrons. The molecule has 2 heterocycles. The standard InChI is InChI=1S/C7H8F2N4S/c8-5(9)6-12-13-3-4(1-2-10)11-7(13)14-6/h3,5H,1-2,10H2. The summed E-state index contributed by atoms with van der Waals surface area (Å²) in [5.74, 6) is 0. The van der Waals surface area contributed by atoms with Crippen molar-refractivity contribution in [3.05, 3.63) is 16.9 Å². The van der Waals surface area contributed by atoms with Gasteiger partial charge in [0.1, 0.15) is 0 Å². The quantitative estimate of drug-likeness (QED) is 0.843. The van der Waals surface area contributed by atoms with Gasteiger partial charge in [0.15, 0.2) is 5.01 Å². The van der Waals surface area contributed by atoms with Gasteiger partial charge in [-0.25, -0.2) is 18.3 Å². The van der Waals surface area contributed by atoms with E-state index >= 15 is 0 Å². The SMILES string of the molecule is NCCc1cn2nc(C(F)F)sc2n1. The zero-order chi connectivity index (χ0) is 10.1. The minimum atomic E-state index is -2.53. The molecule has 0 fully saturated rings. The fourth-order valence-electron chi connectivity index (χ4n) is 1.12. The second kappa shape index (κ2) is 3.58. The van der Waals surface area contributed by atoms with Crippen LogP contribution in [0.1, 0.15) is 17.1 Å². The van der Waals surface area contributed by atoms with E-state index in [1.165, 1.54) is 4.52 Å². The van der Waals surface area contributed by atoms with Gasteiger partial charge in [0, 0.05) is 6.42 Å². The summed E-state index contributed by atoms with van der Waals surface area (Å²) in [7, 11) is 0. The lowest BCUT2D eigenvalue weighted by Crippen LogP contribution is -2.02. The van der Waals surface area contributed by atoms with Gasteiger partial charge >= 0.3 is 0 Å². The molecule has 0 radical (unpaired) electrons. The van der Waals surface area contributed by atoms with Gasteiger partial charge in [0.05, 0.1) is 11.9 Å². The lowest BCUT2D eigenvalue weighted by molar-refractivity contribution is 0.149. The van der Waals surface area contributed by atoms with Gasteiger partial charge in [-0.3, -0.25) is 0 Å². The number of alkyl halides is 2. The predicted octanol–water partition coefficient (Wildman–Crippen LogP) is 1.23. The summed E-state index contributed by atoms with van der Waals surface area (Å²) in [6.45, 7) is 0.493. The number of aromatic nitrogens is 3. The maximum absolute atomic E-state index is 12.2. The Morgan fingerprint density at radius 1 is 1.57 bits per heavy atom. The number of halogens is 2. The second-order valence-corrected chi connectivity index (χ2v) is 3.73. The van der Waals surface area contributed by atoms with E-state index < -0.39 is 6.43 Å². The van der Waals surface area contributed by atoms with Crippen molar-refractivity contribution >= 4 is 16.3 Å². The van der Waals surface area contributed by atoms with Crippen LogP contribution >= 0.6 is 11.3 Å². The van der Waals surface area contributed by atoms with E-state index in [1.54, 1.807) is 6.20 Å². The summed E-state index contributed by atoms with van der Waals surface area (Å²) in [6, 6.07) is 0. The molecule has 14 heavy (non-hydrogen) atoms. The van der Waals surface area contributed by atoms with Crippen molar-refractivity contribution in [1.29, 1.82) is 0 Å². The molecule has 0 amide bonds. The summed E-state index contributed by atoms with van der Waals surface area (Å²) >= 11 is 0.902. The Labute approximate surface area is 82.4 Å². The Hall–Kier alpha value is -1.08. The molecule has 0 unspecified atom stereocenters. The van der Waals surface area contributed by atoms with Crippen LogP contribution in [0, 0.1) is 0 Å². The lowest BCUT2D eigenvalue weighted by Gasteiger charge is -1.89. The molecule has 7 heteroatoms. The number of hydrogen-bond acceptors (Lipinski definition) is 4. The van der Waals surface area contributed by atoms with Crippen LogP contribution in [-0.2, 0) is 6.42 Å². The van der Waals surface area contributed by atoms with E-state index in [-0.39, 0.29) is 5.01 Å². The van der Waals surface area contributed by atoms with Crippen molar-refractivity contribution in [1.82, 2.24) is 14.6 Å². The fourth-order valence-corrected chi connectivity index (χ4v) is 1.87. The van der Waals surface area contributed by atoms with E-state index in [2.05, 4.69) is 10.1 Å². The van der Waals surface area contributed by atoms with Crippen molar-refractivity contribution in [2.75, 3.05) is 6.54 Å². The van der Waals surface area contributed by atoms with Gasteiger partial charge in [-0.05, 0) is 6.54 Å². The van der Waals surface area contributed by atoms with Crippen LogP contribution in [0.4, 0.5) is 8.78 Å². The largest absolute Gasteiger partial charge is 0.330 e. The highest BCUT2D eigenvalue weighted by Gasteiger charge is 2.15. The van der Waals surface area contributed by atoms with Crippen LogP contribution in [0.15, 0.2) is 6.20 Å². The van der Waals surface area contributed by atoms with Crippen LogP contribution in [-0.4, -0.2) is 21.1 Å². The van der Waals surface area contributed by atoms with Crippen LogP contribution in [0.2, 0.25) is 0 Å². The van der Waals surface area contributed by atoms with E-state index in [0.29, 0.717) is 17.9 Å². The third-order valence-electron chi connectivity index (χ3n) is 1.70. The fraction of sp³-hybridized carbons (Fsp3) is 0.429. The Kier molecular flexibility index (Phi) is 2.42. The summed E-state index contributed by atoms with van der Waals surface area (Å²) in [5.41, 5.74) is 6.13. The zero-order valence-corrected chi connectivity index (χ0v) is 7.97. The second-order valence-electron chi connectivity index (χ2n) is 2.74. The Bertz CT molecular complexity index is 404. The molecule has 0 bridgehead atoms. The van der Waals surface area contributed by atoms with Crippen LogP contribution in [0.3, 0.4) is 0 Å². The minimum Gasteiger partial charge on any atom is -0.330 e. The number of nitrogens with zero attached hydrogens (tertiary/aromatic N) is 3.